The lowest BCUT2D eigenvalue weighted by atomic mass is 9.90. The van der Waals surface area contributed by atoms with Gasteiger partial charge in [-0.2, -0.15) is 0 Å². The summed E-state index contributed by atoms with van der Waals surface area (Å²) in [6, 6.07) is 0.303. The van der Waals surface area contributed by atoms with Crippen molar-refractivity contribution < 1.29 is 0 Å². The molecule has 0 spiro atoms. The molecule has 1 unspecified atom stereocenters. The molecule has 0 saturated heterocycles. The Labute approximate surface area is 69.6 Å². The van der Waals surface area contributed by atoms with Crippen LogP contribution in [0.1, 0.15) is 39.5 Å². The van der Waals surface area contributed by atoms with Crippen molar-refractivity contribution in [3.8, 4) is 0 Å². The van der Waals surface area contributed by atoms with Gasteiger partial charge in [0.2, 0.25) is 6.04 Å². The monoisotopic (exact) mass is 151 g/mol. The van der Waals surface area contributed by atoms with Gasteiger partial charge in [0, 0.05) is 11.8 Å². The third kappa shape index (κ3) is 1.96. The lowest BCUT2D eigenvalue weighted by Gasteiger charge is -2.14. The van der Waals surface area contributed by atoms with Crippen LogP contribution in [0.3, 0.4) is 0 Å². The van der Waals surface area contributed by atoms with Gasteiger partial charge < -0.3 is 4.85 Å². The molecular weight excluding hydrogens is 134 g/mol. The van der Waals surface area contributed by atoms with E-state index >= 15 is 0 Å². The van der Waals surface area contributed by atoms with E-state index in [-0.39, 0.29) is 0 Å². The first-order valence-electron chi connectivity index (χ1n) is 4.62. The molecule has 1 aliphatic carbocycles. The van der Waals surface area contributed by atoms with Crippen molar-refractivity contribution in [3.63, 3.8) is 0 Å². The Balaban J connectivity index is 2.48. The molecule has 1 saturated carbocycles. The van der Waals surface area contributed by atoms with Crippen LogP contribution in [0.4, 0.5) is 0 Å². The van der Waals surface area contributed by atoms with E-state index in [2.05, 4.69) is 18.7 Å². The van der Waals surface area contributed by atoms with Gasteiger partial charge in [-0.1, -0.05) is 26.7 Å². The van der Waals surface area contributed by atoms with Gasteiger partial charge in [0.15, 0.2) is 0 Å². The summed E-state index contributed by atoms with van der Waals surface area (Å²) in [7, 11) is 0. The molecule has 0 N–H and O–H groups in total. The van der Waals surface area contributed by atoms with E-state index in [1.807, 2.05) is 0 Å². The first kappa shape index (κ1) is 8.59. The molecule has 0 aromatic carbocycles. The number of hydrogen-bond donors (Lipinski definition) is 0. The summed E-state index contributed by atoms with van der Waals surface area (Å²) in [5, 5.41) is 0. The molecule has 0 amide bonds. The maximum Gasteiger partial charge on any atom is 0.228 e. The van der Waals surface area contributed by atoms with Crippen LogP contribution in [-0.2, 0) is 0 Å². The lowest BCUT2D eigenvalue weighted by molar-refractivity contribution is 0.391. The topological polar surface area (TPSA) is 4.36 Å². The molecule has 0 radical (unpaired) electrons. The summed E-state index contributed by atoms with van der Waals surface area (Å²) in [5.41, 5.74) is 0. The van der Waals surface area contributed by atoms with Crippen molar-refractivity contribution in [2.24, 2.45) is 11.8 Å². The van der Waals surface area contributed by atoms with Crippen LogP contribution in [0.25, 0.3) is 4.85 Å². The van der Waals surface area contributed by atoms with Crippen LogP contribution < -0.4 is 0 Å². The molecule has 0 aliphatic heterocycles. The smallest absolute Gasteiger partial charge is 0.228 e. The predicted octanol–water partition coefficient (Wildman–Crippen LogP) is 3.12. The van der Waals surface area contributed by atoms with Gasteiger partial charge in [0.1, 0.15) is 0 Å². The molecule has 1 heteroatoms. The first-order valence-corrected chi connectivity index (χ1v) is 4.62. The first-order chi connectivity index (χ1) is 5.25. The van der Waals surface area contributed by atoms with Crippen LogP contribution in [0.15, 0.2) is 0 Å². The molecule has 1 atom stereocenters. The molecule has 0 bridgehead atoms. The van der Waals surface area contributed by atoms with Gasteiger partial charge in [0.05, 0.1) is 0 Å². The highest BCUT2D eigenvalue weighted by Crippen LogP contribution is 2.32. The third-order valence-corrected chi connectivity index (χ3v) is 2.71. The number of rotatable bonds is 2. The molecule has 1 nitrogen and oxygen atoms in total. The van der Waals surface area contributed by atoms with E-state index in [0.717, 1.165) is 0 Å². The zero-order chi connectivity index (χ0) is 8.27. The number of hydrogen-bond acceptors (Lipinski definition) is 0. The van der Waals surface area contributed by atoms with E-state index in [4.69, 9.17) is 6.57 Å². The van der Waals surface area contributed by atoms with E-state index in [1.165, 1.54) is 25.7 Å². The van der Waals surface area contributed by atoms with Crippen molar-refractivity contribution in [1.29, 1.82) is 0 Å². The van der Waals surface area contributed by atoms with E-state index < -0.39 is 0 Å². The minimum absolute atomic E-state index is 0.303. The maximum absolute atomic E-state index is 7.08. The van der Waals surface area contributed by atoms with Crippen molar-refractivity contribution in [2.45, 2.75) is 45.6 Å². The highest BCUT2D eigenvalue weighted by molar-refractivity contribution is 4.90. The van der Waals surface area contributed by atoms with Crippen molar-refractivity contribution in [2.75, 3.05) is 0 Å². The quantitative estimate of drug-likeness (QED) is 0.534. The normalized spacial score (nSPS) is 22.0. The molecule has 0 aromatic heterocycles. The fourth-order valence-electron chi connectivity index (χ4n) is 2.10. The zero-order valence-electron chi connectivity index (χ0n) is 7.51. The second-order valence-electron chi connectivity index (χ2n) is 3.91. The summed E-state index contributed by atoms with van der Waals surface area (Å²) >= 11 is 0. The molecule has 0 heterocycles. The molecule has 1 rings (SSSR count). The standard InChI is InChI=1S/C10H17N/c1-8(2)10(11-3)9-6-4-5-7-9/h8-10H,4-7H2,1-2H3. The highest BCUT2D eigenvalue weighted by Gasteiger charge is 2.31. The second-order valence-corrected chi connectivity index (χ2v) is 3.91. The summed E-state index contributed by atoms with van der Waals surface area (Å²) in [5.74, 6) is 1.27. The van der Waals surface area contributed by atoms with Gasteiger partial charge >= 0.3 is 0 Å². The Morgan fingerprint density at radius 2 is 1.82 bits per heavy atom. The Morgan fingerprint density at radius 3 is 2.18 bits per heavy atom. The fraction of sp³-hybridized carbons (Fsp3) is 0.900. The van der Waals surface area contributed by atoms with Crippen LogP contribution in [0, 0.1) is 18.4 Å². The molecule has 62 valence electrons. The lowest BCUT2D eigenvalue weighted by Crippen LogP contribution is -2.20. The largest absolute Gasteiger partial charge is 0.313 e. The molecule has 1 fully saturated rings. The highest BCUT2D eigenvalue weighted by atomic mass is 14.7. The summed E-state index contributed by atoms with van der Waals surface area (Å²) < 4.78 is 0. The van der Waals surface area contributed by atoms with Crippen LogP contribution in [0.5, 0.6) is 0 Å². The molecular formula is C10H17N. The third-order valence-electron chi connectivity index (χ3n) is 2.71. The van der Waals surface area contributed by atoms with Crippen molar-refractivity contribution in [3.05, 3.63) is 11.4 Å². The van der Waals surface area contributed by atoms with Gasteiger partial charge in [0.25, 0.3) is 0 Å². The van der Waals surface area contributed by atoms with Crippen LogP contribution in [-0.4, -0.2) is 6.04 Å². The molecule has 1 aliphatic rings. The number of nitrogens with zero attached hydrogens (tertiary/aromatic N) is 1. The minimum Gasteiger partial charge on any atom is -0.313 e. The summed E-state index contributed by atoms with van der Waals surface area (Å²) in [4.78, 5) is 3.72. The maximum atomic E-state index is 7.08. The average Bonchev–Trinajstić information content (AvgIpc) is 2.40. The van der Waals surface area contributed by atoms with Gasteiger partial charge in [-0.25, -0.2) is 6.57 Å². The Bertz CT molecular complexity index is 149. The SMILES string of the molecule is [C-]#[N+]C(C(C)C)C1CCCC1. The van der Waals surface area contributed by atoms with Crippen molar-refractivity contribution >= 4 is 0 Å². The van der Waals surface area contributed by atoms with E-state index in [0.29, 0.717) is 17.9 Å². The van der Waals surface area contributed by atoms with Crippen LogP contribution >= 0.6 is 0 Å². The predicted molar refractivity (Wildman–Crippen MR) is 47.2 cm³/mol. The van der Waals surface area contributed by atoms with Gasteiger partial charge in [-0.3, -0.25) is 0 Å². The van der Waals surface area contributed by atoms with Crippen LogP contribution in [0.2, 0.25) is 0 Å². The second kappa shape index (κ2) is 3.76. The minimum atomic E-state index is 0.303. The fourth-order valence-corrected chi connectivity index (χ4v) is 2.10. The Kier molecular flexibility index (Phi) is 2.93. The zero-order valence-corrected chi connectivity index (χ0v) is 7.51. The molecule has 0 aromatic rings. The molecule has 11 heavy (non-hydrogen) atoms. The Morgan fingerprint density at radius 1 is 1.27 bits per heavy atom. The van der Waals surface area contributed by atoms with Gasteiger partial charge in [-0.05, 0) is 12.8 Å². The average molecular weight is 151 g/mol. The summed E-state index contributed by atoms with van der Waals surface area (Å²) in [6.07, 6.45) is 5.29. The van der Waals surface area contributed by atoms with E-state index in [9.17, 15) is 0 Å². The Hall–Kier alpha value is -0.510. The van der Waals surface area contributed by atoms with Crippen molar-refractivity contribution in [1.82, 2.24) is 0 Å². The summed E-state index contributed by atoms with van der Waals surface area (Å²) in [6.45, 7) is 11.4. The van der Waals surface area contributed by atoms with E-state index in [1.54, 1.807) is 0 Å². The van der Waals surface area contributed by atoms with Gasteiger partial charge in [-0.15, -0.1) is 0 Å².